The zero-order valence-electron chi connectivity index (χ0n) is 12.9. The van der Waals surface area contributed by atoms with Gasteiger partial charge in [0.05, 0.1) is 24.2 Å². The van der Waals surface area contributed by atoms with Crippen LogP contribution in [0.15, 0.2) is 0 Å². The van der Waals surface area contributed by atoms with Crippen LogP contribution in [0.5, 0.6) is 0 Å². The maximum Gasteiger partial charge on any atom is 0.306 e. The second-order valence-corrected chi connectivity index (χ2v) is 6.31. The molecule has 1 rings (SSSR count). The fourth-order valence-electron chi connectivity index (χ4n) is 2.79. The molecule has 0 aromatic heterocycles. The van der Waals surface area contributed by atoms with Crippen LogP contribution in [0.4, 0.5) is 0 Å². The van der Waals surface area contributed by atoms with Gasteiger partial charge in [-0.3, -0.25) is 4.79 Å². The summed E-state index contributed by atoms with van der Waals surface area (Å²) in [4.78, 5) is 10.9. The molecule has 0 radical (unpaired) electrons. The van der Waals surface area contributed by atoms with Crippen LogP contribution in [-0.4, -0.2) is 34.5 Å². The molecule has 20 heavy (non-hydrogen) atoms. The summed E-state index contributed by atoms with van der Waals surface area (Å²) in [6, 6.07) is 0. The first-order valence-corrected chi connectivity index (χ1v) is 8.03. The van der Waals surface area contributed by atoms with Crippen LogP contribution in [0.2, 0.25) is 0 Å². The molecule has 2 N–H and O–H groups in total. The molecule has 1 aliphatic rings. The molecule has 0 aromatic carbocycles. The fraction of sp³-hybridized carbons (Fsp3) is 0.938. The van der Waals surface area contributed by atoms with Crippen molar-refractivity contribution in [2.45, 2.75) is 83.3 Å². The highest BCUT2D eigenvalue weighted by Crippen LogP contribution is 2.32. The number of unbranched alkanes of at least 4 members (excludes halogenated alkanes) is 3. The Hall–Kier alpha value is -0.610. The Morgan fingerprint density at radius 1 is 1.30 bits per heavy atom. The number of carboxylic acid groups (broad SMARTS) is 1. The van der Waals surface area contributed by atoms with E-state index in [-0.39, 0.29) is 12.0 Å². The predicted molar refractivity (Wildman–Crippen MR) is 78.7 cm³/mol. The third-order valence-corrected chi connectivity index (χ3v) is 4.37. The van der Waals surface area contributed by atoms with Crippen LogP contribution in [-0.2, 0) is 9.53 Å². The van der Waals surface area contributed by atoms with Gasteiger partial charge < -0.3 is 14.9 Å². The van der Waals surface area contributed by atoms with Gasteiger partial charge in [-0.15, -0.1) is 0 Å². The van der Waals surface area contributed by atoms with Gasteiger partial charge in [0.1, 0.15) is 0 Å². The van der Waals surface area contributed by atoms with Gasteiger partial charge >= 0.3 is 5.97 Å². The molecule has 0 spiro atoms. The molecule has 4 nitrogen and oxygen atoms in total. The molecule has 1 fully saturated rings. The van der Waals surface area contributed by atoms with E-state index in [1.165, 1.54) is 25.7 Å². The summed E-state index contributed by atoms with van der Waals surface area (Å²) in [6.07, 6.45) is 8.32. The monoisotopic (exact) mass is 286 g/mol. The summed E-state index contributed by atoms with van der Waals surface area (Å²) in [7, 11) is 0. The summed E-state index contributed by atoms with van der Waals surface area (Å²) in [5.41, 5.74) is -0.816. The van der Waals surface area contributed by atoms with Crippen molar-refractivity contribution in [1.29, 1.82) is 0 Å². The molecular formula is C16H30O4. The first kappa shape index (κ1) is 17.4. The lowest BCUT2D eigenvalue weighted by Gasteiger charge is -2.35. The van der Waals surface area contributed by atoms with E-state index >= 15 is 0 Å². The van der Waals surface area contributed by atoms with Gasteiger partial charge in [-0.05, 0) is 39.0 Å². The molecule has 1 unspecified atom stereocenters. The average Bonchev–Trinajstić information content (AvgIpc) is 2.42. The number of rotatable bonds is 9. The highest BCUT2D eigenvalue weighted by molar-refractivity contribution is 5.70. The number of carbonyl (C=O) groups is 1. The molecule has 1 aliphatic carbocycles. The van der Waals surface area contributed by atoms with Crippen LogP contribution >= 0.6 is 0 Å². The van der Waals surface area contributed by atoms with Crippen molar-refractivity contribution >= 4 is 5.97 Å². The summed E-state index contributed by atoms with van der Waals surface area (Å²) in [5.74, 6) is -1.03. The molecule has 1 saturated carbocycles. The fourth-order valence-corrected chi connectivity index (χ4v) is 2.79. The Morgan fingerprint density at radius 3 is 2.50 bits per heavy atom. The maximum absolute atomic E-state index is 10.9. The molecular weight excluding hydrogens is 256 g/mol. The quantitative estimate of drug-likeness (QED) is 0.638. The Kier molecular flexibility index (Phi) is 7.52. The third-order valence-electron chi connectivity index (χ3n) is 4.37. The van der Waals surface area contributed by atoms with Crippen molar-refractivity contribution in [2.75, 3.05) is 6.61 Å². The van der Waals surface area contributed by atoms with E-state index in [9.17, 15) is 9.90 Å². The molecule has 1 atom stereocenters. The second-order valence-electron chi connectivity index (χ2n) is 6.31. The number of hydrogen-bond donors (Lipinski definition) is 2. The predicted octanol–water partition coefficient (Wildman–Crippen LogP) is 3.37. The third kappa shape index (κ3) is 6.23. The van der Waals surface area contributed by atoms with Gasteiger partial charge in [-0.25, -0.2) is 0 Å². The topological polar surface area (TPSA) is 66.8 Å². The van der Waals surface area contributed by atoms with Crippen molar-refractivity contribution in [3.63, 3.8) is 0 Å². The standard InChI is InChI=1S/C16H30O4/c1-3-4-5-6-7-13(2)20-12-16(19)10-8-14(9-11-16)15(17)18/h13-14,19H,3-12H2,1-2H3,(H,17,18). The molecule has 0 aromatic rings. The van der Waals surface area contributed by atoms with Gasteiger partial charge in [0.25, 0.3) is 0 Å². The van der Waals surface area contributed by atoms with Gasteiger partial charge in [-0.2, -0.15) is 0 Å². The van der Waals surface area contributed by atoms with E-state index in [0.717, 1.165) is 6.42 Å². The minimum absolute atomic E-state index is 0.174. The minimum atomic E-state index is -0.816. The molecule has 4 heteroatoms. The van der Waals surface area contributed by atoms with Crippen LogP contribution in [0.3, 0.4) is 0 Å². The van der Waals surface area contributed by atoms with Crippen molar-refractivity contribution in [1.82, 2.24) is 0 Å². The molecule has 0 bridgehead atoms. The van der Waals surface area contributed by atoms with Gasteiger partial charge in [0.2, 0.25) is 0 Å². The molecule has 0 heterocycles. The van der Waals surface area contributed by atoms with Crippen LogP contribution in [0.1, 0.15) is 71.6 Å². The van der Waals surface area contributed by atoms with E-state index in [1.54, 1.807) is 0 Å². The Balaban J connectivity index is 2.19. The zero-order chi connectivity index (χ0) is 15.0. The summed E-state index contributed by atoms with van der Waals surface area (Å²) in [5, 5.41) is 19.4. The van der Waals surface area contributed by atoms with Gasteiger partial charge in [0, 0.05) is 0 Å². The highest BCUT2D eigenvalue weighted by Gasteiger charge is 2.36. The first-order valence-electron chi connectivity index (χ1n) is 8.03. The lowest BCUT2D eigenvalue weighted by Crippen LogP contribution is -2.41. The average molecular weight is 286 g/mol. The highest BCUT2D eigenvalue weighted by atomic mass is 16.5. The lowest BCUT2D eigenvalue weighted by atomic mass is 9.79. The second kappa shape index (κ2) is 8.63. The Labute approximate surface area is 122 Å². The lowest BCUT2D eigenvalue weighted by molar-refractivity contribution is -0.147. The normalized spacial score (nSPS) is 28.2. The SMILES string of the molecule is CCCCCCC(C)OCC1(O)CCC(C(=O)O)CC1. The molecule has 0 aliphatic heterocycles. The number of hydrogen-bond acceptors (Lipinski definition) is 3. The van der Waals surface area contributed by atoms with Crippen LogP contribution in [0.25, 0.3) is 0 Å². The summed E-state index contributed by atoms with van der Waals surface area (Å²) in [6.45, 7) is 4.59. The number of aliphatic hydroxyl groups is 1. The number of carboxylic acids is 1. The van der Waals surface area contributed by atoms with Crippen molar-refractivity contribution in [3.8, 4) is 0 Å². The first-order chi connectivity index (χ1) is 9.47. The van der Waals surface area contributed by atoms with Crippen LogP contribution in [0, 0.1) is 5.92 Å². The largest absolute Gasteiger partial charge is 0.481 e. The van der Waals surface area contributed by atoms with E-state index in [0.29, 0.717) is 32.3 Å². The van der Waals surface area contributed by atoms with E-state index in [4.69, 9.17) is 9.84 Å². The van der Waals surface area contributed by atoms with Crippen molar-refractivity contribution in [3.05, 3.63) is 0 Å². The molecule has 0 saturated heterocycles. The Bertz CT molecular complexity index is 282. The van der Waals surface area contributed by atoms with Gasteiger partial charge in [-0.1, -0.05) is 32.6 Å². The van der Waals surface area contributed by atoms with E-state index < -0.39 is 11.6 Å². The minimum Gasteiger partial charge on any atom is -0.481 e. The van der Waals surface area contributed by atoms with Gasteiger partial charge in [0.15, 0.2) is 0 Å². The Morgan fingerprint density at radius 2 is 1.95 bits per heavy atom. The van der Waals surface area contributed by atoms with Crippen molar-refractivity contribution < 1.29 is 19.7 Å². The van der Waals surface area contributed by atoms with E-state index in [2.05, 4.69) is 13.8 Å². The molecule has 0 amide bonds. The van der Waals surface area contributed by atoms with E-state index in [1.807, 2.05) is 0 Å². The smallest absolute Gasteiger partial charge is 0.306 e. The van der Waals surface area contributed by atoms with Crippen LogP contribution < -0.4 is 0 Å². The molecule has 118 valence electrons. The summed E-state index contributed by atoms with van der Waals surface area (Å²) < 4.78 is 5.76. The number of ether oxygens (including phenoxy) is 1. The summed E-state index contributed by atoms with van der Waals surface area (Å²) >= 11 is 0. The maximum atomic E-state index is 10.9. The van der Waals surface area contributed by atoms with Crippen molar-refractivity contribution in [2.24, 2.45) is 5.92 Å². The number of aliphatic carboxylic acids is 1. The zero-order valence-corrected chi connectivity index (χ0v) is 12.9.